The number of nitrogens with zero attached hydrogens (tertiary/aromatic N) is 4. The molecule has 3 aliphatic carbocycles. The second kappa shape index (κ2) is 17.8. The zero-order valence-corrected chi connectivity index (χ0v) is 40.9. The van der Waals surface area contributed by atoms with Crippen LogP contribution in [-0.2, 0) is 0 Å². The maximum absolute atomic E-state index is 2.56. The third-order valence-corrected chi connectivity index (χ3v) is 15.8. The summed E-state index contributed by atoms with van der Waals surface area (Å²) in [5.74, 6) is 0.464. The molecule has 2 heterocycles. The van der Waals surface area contributed by atoms with E-state index in [9.17, 15) is 0 Å². The third kappa shape index (κ3) is 7.27. The lowest BCUT2D eigenvalue weighted by molar-refractivity contribution is 0.648. The molecule has 350 valence electrons. The van der Waals surface area contributed by atoms with E-state index in [1.54, 1.807) is 0 Å². The molecule has 9 aromatic carbocycles. The van der Waals surface area contributed by atoms with Gasteiger partial charge in [-0.1, -0.05) is 171 Å². The summed E-state index contributed by atoms with van der Waals surface area (Å²) in [5.41, 5.74) is 18.6. The minimum atomic E-state index is 0.275. The van der Waals surface area contributed by atoms with Crippen LogP contribution in [-0.4, -0.2) is 9.13 Å². The number of benzene rings is 9. The highest BCUT2D eigenvalue weighted by molar-refractivity contribution is 6.12. The van der Waals surface area contributed by atoms with Crippen LogP contribution >= 0.6 is 0 Å². The highest BCUT2D eigenvalue weighted by Gasteiger charge is 2.28. The Labute approximate surface area is 426 Å². The highest BCUT2D eigenvalue weighted by atomic mass is 15.2. The minimum absolute atomic E-state index is 0.275. The van der Waals surface area contributed by atoms with Crippen LogP contribution < -0.4 is 9.80 Å². The van der Waals surface area contributed by atoms with Gasteiger partial charge in [0.05, 0.1) is 22.8 Å². The largest absolute Gasteiger partial charge is 0.333 e. The van der Waals surface area contributed by atoms with Crippen molar-refractivity contribution in [3.63, 3.8) is 0 Å². The van der Waals surface area contributed by atoms with Crippen molar-refractivity contribution in [2.75, 3.05) is 9.80 Å². The smallest absolute Gasteiger partial charge is 0.0560 e. The molecule has 2 aromatic heterocycles. The highest BCUT2D eigenvalue weighted by Crippen LogP contribution is 2.46. The summed E-state index contributed by atoms with van der Waals surface area (Å²) >= 11 is 0. The molecule has 0 amide bonds. The first-order valence-electron chi connectivity index (χ1n) is 26.0. The summed E-state index contributed by atoms with van der Waals surface area (Å²) in [5, 5.41) is 7.51. The predicted octanol–water partition coefficient (Wildman–Crippen LogP) is 18.7. The van der Waals surface area contributed by atoms with Gasteiger partial charge in [0.2, 0.25) is 0 Å². The average Bonchev–Trinajstić information content (AvgIpc) is 3.97. The molecule has 0 N–H and O–H groups in total. The van der Waals surface area contributed by atoms with E-state index in [4.69, 9.17) is 0 Å². The summed E-state index contributed by atoms with van der Waals surface area (Å²) in [6.07, 6.45) is 20.0. The number of rotatable bonds is 9. The number of hydrogen-bond acceptors (Lipinski definition) is 2. The Morgan fingerprint density at radius 3 is 1.92 bits per heavy atom. The molecule has 4 nitrogen and oxygen atoms in total. The summed E-state index contributed by atoms with van der Waals surface area (Å²) in [6.45, 7) is 2.36. The zero-order valence-electron chi connectivity index (χ0n) is 40.9. The fraction of sp³-hybridized carbons (Fsp3) is 0.101. The van der Waals surface area contributed by atoms with Gasteiger partial charge in [0.15, 0.2) is 0 Å². The molecule has 0 spiro atoms. The SMILES string of the molecule is CC1CC=C(N(C2=CC=C(c3ccc(N(c4ccc5c(c4)c4ccccc4n5C4C=CC=CC4)c4cccc5ccccc45)cc3)CC2)c2ccc3c(c2)c2ccccc2n3-c2ccccc2)c2ccccc21. The van der Waals surface area contributed by atoms with Gasteiger partial charge in [0.25, 0.3) is 0 Å². The molecule has 2 atom stereocenters. The van der Waals surface area contributed by atoms with Crippen LogP contribution in [0.3, 0.4) is 0 Å². The second-order valence-corrected chi connectivity index (χ2v) is 20.0. The Hall–Kier alpha value is -8.86. The van der Waals surface area contributed by atoms with Crippen LogP contribution in [0.15, 0.2) is 254 Å². The molecule has 14 rings (SSSR count). The van der Waals surface area contributed by atoms with Gasteiger partial charge in [-0.2, -0.15) is 0 Å². The Balaban J connectivity index is 0.858. The van der Waals surface area contributed by atoms with Crippen molar-refractivity contribution in [3.8, 4) is 5.69 Å². The fourth-order valence-electron chi connectivity index (χ4n) is 12.3. The molecular formula is C69H54N4. The van der Waals surface area contributed by atoms with Crippen LogP contribution in [0, 0.1) is 0 Å². The summed E-state index contributed by atoms with van der Waals surface area (Å²) < 4.78 is 4.93. The summed E-state index contributed by atoms with van der Waals surface area (Å²) in [6, 6.07) is 76.7. The molecule has 11 aromatic rings. The van der Waals surface area contributed by atoms with Crippen LogP contribution in [0.1, 0.15) is 61.3 Å². The number of hydrogen-bond donors (Lipinski definition) is 0. The third-order valence-electron chi connectivity index (χ3n) is 15.8. The number of allylic oxidation sites excluding steroid dienone is 9. The van der Waals surface area contributed by atoms with Crippen LogP contribution in [0.4, 0.5) is 22.7 Å². The molecule has 2 unspecified atom stereocenters. The topological polar surface area (TPSA) is 16.3 Å². The molecule has 73 heavy (non-hydrogen) atoms. The van der Waals surface area contributed by atoms with Gasteiger partial charge in [0, 0.05) is 77.7 Å². The maximum Gasteiger partial charge on any atom is 0.0560 e. The average molecular weight is 939 g/mol. The summed E-state index contributed by atoms with van der Waals surface area (Å²) in [7, 11) is 0. The number of para-hydroxylation sites is 3. The van der Waals surface area contributed by atoms with Gasteiger partial charge in [-0.25, -0.2) is 0 Å². The normalized spacial score (nSPS) is 16.5. The van der Waals surface area contributed by atoms with Crippen molar-refractivity contribution in [1.29, 1.82) is 0 Å². The fourth-order valence-corrected chi connectivity index (χ4v) is 12.3. The minimum Gasteiger partial charge on any atom is -0.333 e. The first-order valence-corrected chi connectivity index (χ1v) is 26.0. The molecule has 0 fully saturated rings. The zero-order chi connectivity index (χ0) is 48.4. The van der Waals surface area contributed by atoms with E-state index < -0.39 is 0 Å². The number of fused-ring (bicyclic) bond motifs is 8. The molecule has 0 saturated carbocycles. The van der Waals surface area contributed by atoms with Crippen molar-refractivity contribution in [2.24, 2.45) is 0 Å². The molecule has 0 aliphatic heterocycles. The van der Waals surface area contributed by atoms with Crippen LogP contribution in [0.5, 0.6) is 0 Å². The lowest BCUT2D eigenvalue weighted by Gasteiger charge is -2.35. The van der Waals surface area contributed by atoms with E-state index in [2.05, 4.69) is 275 Å². The first kappa shape index (κ1) is 43.0. The number of aromatic nitrogens is 2. The summed E-state index contributed by atoms with van der Waals surface area (Å²) in [4.78, 5) is 5.02. The Kier molecular flexibility index (Phi) is 10.5. The molecule has 0 bridgehead atoms. The van der Waals surface area contributed by atoms with Gasteiger partial charge < -0.3 is 18.9 Å². The van der Waals surface area contributed by atoms with E-state index in [1.165, 1.54) is 99.4 Å². The Morgan fingerprint density at radius 1 is 0.479 bits per heavy atom. The van der Waals surface area contributed by atoms with E-state index in [0.717, 1.165) is 42.7 Å². The lowest BCUT2D eigenvalue weighted by atomic mass is 9.85. The monoisotopic (exact) mass is 938 g/mol. The Bertz CT molecular complexity index is 4110. The van der Waals surface area contributed by atoms with E-state index in [1.807, 2.05) is 0 Å². The second-order valence-electron chi connectivity index (χ2n) is 20.0. The molecular weight excluding hydrogens is 885 g/mol. The lowest BCUT2D eigenvalue weighted by Crippen LogP contribution is -2.24. The Morgan fingerprint density at radius 2 is 1.12 bits per heavy atom. The first-order chi connectivity index (χ1) is 36.1. The van der Waals surface area contributed by atoms with E-state index in [0.29, 0.717) is 5.92 Å². The van der Waals surface area contributed by atoms with Crippen LogP contribution in [0.25, 0.3) is 71.3 Å². The molecule has 3 aliphatic rings. The quantitative estimate of drug-likeness (QED) is 0.143. The van der Waals surface area contributed by atoms with Crippen molar-refractivity contribution in [1.82, 2.24) is 9.13 Å². The maximum atomic E-state index is 2.56. The predicted molar refractivity (Wildman–Crippen MR) is 310 cm³/mol. The van der Waals surface area contributed by atoms with Gasteiger partial charge in [-0.05, 0) is 139 Å². The van der Waals surface area contributed by atoms with Gasteiger partial charge in [-0.3, -0.25) is 0 Å². The van der Waals surface area contributed by atoms with E-state index >= 15 is 0 Å². The van der Waals surface area contributed by atoms with Gasteiger partial charge in [0.1, 0.15) is 0 Å². The number of anilines is 4. The van der Waals surface area contributed by atoms with Crippen LogP contribution in [0.2, 0.25) is 0 Å². The molecule has 0 saturated heterocycles. The van der Waals surface area contributed by atoms with Crippen molar-refractivity contribution < 1.29 is 0 Å². The molecule has 0 radical (unpaired) electrons. The van der Waals surface area contributed by atoms with Crippen molar-refractivity contribution in [2.45, 2.75) is 44.6 Å². The standard InChI is InChI=1S/C69H54N4/c1-47-31-42-67(59-25-11-10-23-57(47)59)71(56-41-44-69-63(46-56)61-27-13-15-29-66(61)73(69)52-21-6-3-7-22-52)54-38-34-49(35-39-54)48-32-36-53(37-33-48)70(64-30-16-18-50-17-8-9-24-58(50)64)55-40-43-68-62(45-55)60-26-12-14-28-65(60)72(68)51-19-4-2-5-20-51/h2-19,21-30,32-34,36-38,40-47,51H,20,31,35,39H2,1H3. The van der Waals surface area contributed by atoms with Gasteiger partial charge in [-0.15, -0.1) is 0 Å². The van der Waals surface area contributed by atoms with Crippen molar-refractivity contribution in [3.05, 3.63) is 271 Å². The molecule has 4 heteroatoms. The van der Waals surface area contributed by atoms with Gasteiger partial charge >= 0.3 is 0 Å². The van der Waals surface area contributed by atoms with E-state index in [-0.39, 0.29) is 6.04 Å². The van der Waals surface area contributed by atoms with Crippen molar-refractivity contribution >= 4 is 88.4 Å².